The average molecular weight is 206 g/mol. The molecule has 1 aliphatic carbocycles. The summed E-state index contributed by atoms with van der Waals surface area (Å²) in [6.07, 6.45) is -0.299. The monoisotopic (exact) mass is 206 g/mol. The van der Waals surface area contributed by atoms with E-state index in [-0.39, 0.29) is 18.0 Å². The Morgan fingerprint density at radius 1 is 1.47 bits per heavy atom. The summed E-state index contributed by atoms with van der Waals surface area (Å²) in [6, 6.07) is 8.94. The third-order valence-corrected chi connectivity index (χ3v) is 2.53. The highest BCUT2D eigenvalue weighted by atomic mass is 16.3. The first-order chi connectivity index (χ1) is 7.18. The topological polar surface area (TPSA) is 75.3 Å². The molecule has 4 N–H and O–H groups in total. The van der Waals surface area contributed by atoms with Gasteiger partial charge in [0.05, 0.1) is 0 Å². The summed E-state index contributed by atoms with van der Waals surface area (Å²) in [5.41, 5.74) is 6.16. The lowest BCUT2D eigenvalue weighted by atomic mass is 10.1. The van der Waals surface area contributed by atoms with Crippen LogP contribution in [0.4, 0.5) is 0 Å². The summed E-state index contributed by atoms with van der Waals surface area (Å²) >= 11 is 0. The molecule has 0 saturated heterocycles. The Bertz CT molecular complexity index is 353. The molecule has 1 aliphatic rings. The van der Waals surface area contributed by atoms with Gasteiger partial charge in [-0.1, -0.05) is 30.3 Å². The molecular weight excluding hydrogens is 192 g/mol. The van der Waals surface area contributed by atoms with Gasteiger partial charge in [-0.05, 0) is 12.0 Å². The van der Waals surface area contributed by atoms with Crippen LogP contribution in [0.3, 0.4) is 0 Å². The molecule has 1 aromatic carbocycles. The first-order valence-corrected chi connectivity index (χ1v) is 4.97. The molecule has 3 unspecified atom stereocenters. The zero-order chi connectivity index (χ0) is 10.8. The largest absolute Gasteiger partial charge is 0.378 e. The number of benzene rings is 1. The van der Waals surface area contributed by atoms with E-state index in [1.165, 1.54) is 0 Å². The number of nitrogens with two attached hydrogens (primary N) is 1. The smallest absolute Gasteiger partial charge is 0.253 e. The molecule has 0 bridgehead atoms. The van der Waals surface area contributed by atoms with Gasteiger partial charge in [-0.3, -0.25) is 4.79 Å². The van der Waals surface area contributed by atoms with Gasteiger partial charge in [0, 0.05) is 12.1 Å². The van der Waals surface area contributed by atoms with Crippen molar-refractivity contribution in [2.75, 3.05) is 0 Å². The molecule has 1 saturated carbocycles. The van der Waals surface area contributed by atoms with Gasteiger partial charge < -0.3 is 16.2 Å². The lowest BCUT2D eigenvalue weighted by molar-refractivity contribution is -0.129. The van der Waals surface area contributed by atoms with E-state index in [0.717, 1.165) is 6.42 Å². The number of aliphatic hydroxyl groups is 1. The molecule has 4 heteroatoms. The zero-order valence-corrected chi connectivity index (χ0v) is 8.26. The van der Waals surface area contributed by atoms with Crippen LogP contribution < -0.4 is 11.1 Å². The highest BCUT2D eigenvalue weighted by Gasteiger charge is 2.36. The fourth-order valence-corrected chi connectivity index (χ4v) is 1.43. The number of nitrogens with one attached hydrogen (secondary N) is 1. The predicted molar refractivity (Wildman–Crippen MR) is 55.9 cm³/mol. The second-order valence-corrected chi connectivity index (χ2v) is 3.83. The van der Waals surface area contributed by atoms with Gasteiger partial charge in [-0.2, -0.15) is 0 Å². The number of aliphatic hydroxyl groups excluding tert-OH is 1. The van der Waals surface area contributed by atoms with Crippen LogP contribution in [-0.4, -0.2) is 23.1 Å². The molecule has 0 radical (unpaired) electrons. The molecule has 1 fully saturated rings. The molecule has 0 aliphatic heterocycles. The fraction of sp³-hybridized carbons (Fsp3) is 0.364. The standard InChI is InChI=1S/C11H14N2O2/c12-8-6-9(8)13-11(15)10(14)7-4-2-1-3-5-7/h1-5,8-10,14H,6,12H2,(H,13,15). The Morgan fingerprint density at radius 2 is 2.07 bits per heavy atom. The van der Waals surface area contributed by atoms with Crippen molar-refractivity contribution in [3.63, 3.8) is 0 Å². The molecule has 2 rings (SSSR count). The Kier molecular flexibility index (Phi) is 2.70. The normalized spacial score (nSPS) is 25.7. The number of rotatable bonds is 3. The Balaban J connectivity index is 1.95. The maximum Gasteiger partial charge on any atom is 0.253 e. The van der Waals surface area contributed by atoms with Crippen LogP contribution in [0.25, 0.3) is 0 Å². The summed E-state index contributed by atoms with van der Waals surface area (Å²) < 4.78 is 0. The maximum atomic E-state index is 11.5. The number of carbonyl (C=O) groups is 1. The van der Waals surface area contributed by atoms with E-state index in [1.54, 1.807) is 24.3 Å². The van der Waals surface area contributed by atoms with Crippen molar-refractivity contribution in [2.24, 2.45) is 5.73 Å². The third kappa shape index (κ3) is 2.34. The number of hydrogen-bond donors (Lipinski definition) is 3. The quantitative estimate of drug-likeness (QED) is 0.648. The van der Waals surface area contributed by atoms with Gasteiger partial charge in [0.1, 0.15) is 0 Å². The van der Waals surface area contributed by atoms with Crippen LogP contribution in [0.1, 0.15) is 18.1 Å². The van der Waals surface area contributed by atoms with Crippen molar-refractivity contribution in [1.82, 2.24) is 5.32 Å². The van der Waals surface area contributed by atoms with Crippen molar-refractivity contribution < 1.29 is 9.90 Å². The molecule has 0 heterocycles. The van der Waals surface area contributed by atoms with E-state index in [1.807, 2.05) is 6.07 Å². The second kappa shape index (κ2) is 4.00. The number of hydrogen-bond acceptors (Lipinski definition) is 3. The van der Waals surface area contributed by atoms with Gasteiger partial charge in [0.15, 0.2) is 6.10 Å². The third-order valence-electron chi connectivity index (χ3n) is 2.53. The first-order valence-electron chi connectivity index (χ1n) is 4.97. The van der Waals surface area contributed by atoms with E-state index >= 15 is 0 Å². The van der Waals surface area contributed by atoms with E-state index < -0.39 is 6.10 Å². The van der Waals surface area contributed by atoms with Gasteiger partial charge in [0.2, 0.25) is 0 Å². The van der Waals surface area contributed by atoms with Crippen LogP contribution in [0.2, 0.25) is 0 Å². The van der Waals surface area contributed by atoms with E-state index in [2.05, 4.69) is 5.32 Å². The Labute approximate surface area is 88.1 Å². The minimum atomic E-state index is -1.10. The summed E-state index contributed by atoms with van der Waals surface area (Å²) in [5.74, 6) is -0.376. The highest BCUT2D eigenvalue weighted by molar-refractivity contribution is 5.82. The average Bonchev–Trinajstić information content (AvgIpc) is 2.94. The number of carbonyl (C=O) groups excluding carboxylic acids is 1. The van der Waals surface area contributed by atoms with E-state index in [4.69, 9.17) is 5.73 Å². The predicted octanol–water partition coefficient (Wildman–Crippen LogP) is -0.0642. The van der Waals surface area contributed by atoms with Crippen LogP contribution in [-0.2, 0) is 4.79 Å². The van der Waals surface area contributed by atoms with Crippen LogP contribution in [0.15, 0.2) is 30.3 Å². The lowest BCUT2D eigenvalue weighted by Gasteiger charge is -2.10. The fourth-order valence-electron chi connectivity index (χ4n) is 1.43. The van der Waals surface area contributed by atoms with Crippen molar-refractivity contribution in [1.29, 1.82) is 0 Å². The Morgan fingerprint density at radius 3 is 2.60 bits per heavy atom. The summed E-state index contributed by atoms with van der Waals surface area (Å²) in [4.78, 5) is 11.5. The molecular formula is C11H14N2O2. The molecule has 1 amide bonds. The number of amides is 1. The maximum absolute atomic E-state index is 11.5. The van der Waals surface area contributed by atoms with Crippen LogP contribution in [0.5, 0.6) is 0 Å². The summed E-state index contributed by atoms with van der Waals surface area (Å²) in [7, 11) is 0. The zero-order valence-electron chi connectivity index (χ0n) is 8.26. The van der Waals surface area contributed by atoms with Crippen molar-refractivity contribution in [2.45, 2.75) is 24.6 Å². The molecule has 3 atom stereocenters. The molecule has 0 aromatic heterocycles. The summed E-state index contributed by atoms with van der Waals surface area (Å²) in [5, 5.41) is 12.4. The first kappa shape index (κ1) is 10.1. The van der Waals surface area contributed by atoms with Gasteiger partial charge in [-0.15, -0.1) is 0 Å². The van der Waals surface area contributed by atoms with E-state index in [9.17, 15) is 9.90 Å². The van der Waals surface area contributed by atoms with Gasteiger partial charge in [0.25, 0.3) is 5.91 Å². The van der Waals surface area contributed by atoms with Gasteiger partial charge >= 0.3 is 0 Å². The van der Waals surface area contributed by atoms with Crippen molar-refractivity contribution in [3.05, 3.63) is 35.9 Å². The van der Waals surface area contributed by atoms with Crippen molar-refractivity contribution >= 4 is 5.91 Å². The summed E-state index contributed by atoms with van der Waals surface area (Å²) in [6.45, 7) is 0. The molecule has 4 nitrogen and oxygen atoms in total. The minimum absolute atomic E-state index is 0.0378. The van der Waals surface area contributed by atoms with Crippen LogP contribution >= 0.6 is 0 Å². The second-order valence-electron chi connectivity index (χ2n) is 3.83. The van der Waals surface area contributed by atoms with E-state index in [0.29, 0.717) is 5.56 Å². The van der Waals surface area contributed by atoms with Crippen molar-refractivity contribution in [3.8, 4) is 0 Å². The SMILES string of the molecule is NC1CC1NC(=O)C(O)c1ccccc1. The lowest BCUT2D eigenvalue weighted by Crippen LogP contribution is -2.33. The highest BCUT2D eigenvalue weighted by Crippen LogP contribution is 2.20. The molecule has 0 spiro atoms. The molecule has 1 aromatic rings. The molecule has 15 heavy (non-hydrogen) atoms. The molecule has 80 valence electrons. The minimum Gasteiger partial charge on any atom is -0.378 e. The van der Waals surface area contributed by atoms with Crippen LogP contribution in [0, 0.1) is 0 Å². The van der Waals surface area contributed by atoms with Gasteiger partial charge in [-0.25, -0.2) is 0 Å². The Hall–Kier alpha value is -1.39.